The zero-order valence-corrected chi connectivity index (χ0v) is 31.7. The lowest BCUT2D eigenvalue weighted by molar-refractivity contribution is -0.143. The molecule has 1 unspecified atom stereocenters. The van der Waals surface area contributed by atoms with Gasteiger partial charge in [0.15, 0.2) is 29.5 Å². The van der Waals surface area contributed by atoms with Crippen LogP contribution in [0.2, 0.25) is 0 Å². The van der Waals surface area contributed by atoms with Gasteiger partial charge in [0.2, 0.25) is 5.92 Å². The maximum Gasteiger partial charge on any atom is 0.315 e. The summed E-state index contributed by atoms with van der Waals surface area (Å²) >= 11 is 1.07. The summed E-state index contributed by atoms with van der Waals surface area (Å²) in [7, 11) is 1.54. The van der Waals surface area contributed by atoms with Gasteiger partial charge in [-0.25, -0.2) is 27.2 Å². The van der Waals surface area contributed by atoms with Crippen molar-refractivity contribution in [3.63, 3.8) is 0 Å². The first-order valence-electron chi connectivity index (χ1n) is 17.8. The SMILES string of the molecule is CCOC(=O)CCc1cccc(C(C)(CCC(F)(F)CCSCC(=O)OCC)c2nc(-c3cc(Oc4c(F)cc5[nH]ccc5c4C=O)ccc3F)n(C)n2)c1. The van der Waals surface area contributed by atoms with Gasteiger partial charge in [0, 0.05) is 49.5 Å². The van der Waals surface area contributed by atoms with Gasteiger partial charge in [-0.1, -0.05) is 24.3 Å². The van der Waals surface area contributed by atoms with E-state index in [1.807, 2.05) is 12.1 Å². The Morgan fingerprint density at radius 1 is 0.964 bits per heavy atom. The molecule has 0 bridgehead atoms. The van der Waals surface area contributed by atoms with E-state index in [1.165, 1.54) is 29.9 Å². The number of aryl methyl sites for hydroxylation is 2. The highest BCUT2D eigenvalue weighted by atomic mass is 32.2. The van der Waals surface area contributed by atoms with Crippen molar-refractivity contribution < 1.29 is 46.2 Å². The normalized spacial score (nSPS) is 12.7. The number of H-pyrrole nitrogens is 1. The maximum absolute atomic E-state index is 15.6. The van der Waals surface area contributed by atoms with Crippen molar-refractivity contribution in [1.29, 1.82) is 0 Å². The first-order chi connectivity index (χ1) is 26.3. The molecule has 292 valence electrons. The Kier molecular flexibility index (Phi) is 13.4. The van der Waals surface area contributed by atoms with Crippen molar-refractivity contribution in [3.05, 3.63) is 94.9 Å². The largest absolute Gasteiger partial charge is 0.466 e. The molecule has 0 aliphatic rings. The summed E-state index contributed by atoms with van der Waals surface area (Å²) in [5.74, 6) is -5.60. The Hall–Kier alpha value is -5.18. The Morgan fingerprint density at radius 2 is 1.73 bits per heavy atom. The molecular formula is C40H42F4N4O6S. The molecule has 0 fully saturated rings. The number of nitrogens with zero attached hydrogens (tertiary/aromatic N) is 3. The monoisotopic (exact) mass is 782 g/mol. The molecular weight excluding hydrogens is 741 g/mol. The van der Waals surface area contributed by atoms with E-state index in [9.17, 15) is 14.4 Å². The molecule has 2 heterocycles. The van der Waals surface area contributed by atoms with Gasteiger partial charge in [-0.3, -0.25) is 14.4 Å². The summed E-state index contributed by atoms with van der Waals surface area (Å²) in [6, 6.07) is 13.7. The number of hydrogen-bond donors (Lipinski definition) is 1. The van der Waals surface area contributed by atoms with Crippen LogP contribution in [-0.4, -0.2) is 68.6 Å². The molecule has 0 saturated carbocycles. The lowest BCUT2D eigenvalue weighted by atomic mass is 9.76. The molecule has 10 nitrogen and oxygen atoms in total. The smallest absolute Gasteiger partial charge is 0.315 e. The molecule has 1 N–H and O–H groups in total. The van der Waals surface area contributed by atoms with Gasteiger partial charge in [-0.15, -0.1) is 11.8 Å². The highest BCUT2D eigenvalue weighted by Crippen LogP contribution is 2.41. The highest BCUT2D eigenvalue weighted by molar-refractivity contribution is 7.99. The average Bonchev–Trinajstić information content (AvgIpc) is 3.79. The van der Waals surface area contributed by atoms with Gasteiger partial charge < -0.3 is 19.2 Å². The van der Waals surface area contributed by atoms with Crippen molar-refractivity contribution >= 4 is 40.9 Å². The summed E-state index contributed by atoms with van der Waals surface area (Å²) in [6.45, 7) is 5.58. The molecule has 55 heavy (non-hydrogen) atoms. The van der Waals surface area contributed by atoms with Crippen LogP contribution in [0.5, 0.6) is 11.5 Å². The van der Waals surface area contributed by atoms with Crippen molar-refractivity contribution in [2.24, 2.45) is 7.05 Å². The Morgan fingerprint density at radius 3 is 2.47 bits per heavy atom. The van der Waals surface area contributed by atoms with Crippen LogP contribution in [0.15, 0.2) is 60.8 Å². The standard InChI is InChI=1S/C40H42F4N4O6S/c1-5-52-34(50)13-10-25-8-7-9-26(20-25)39(3,15-16-40(43,44)17-19-55-24-35(51)53-6-2)38-46-37(48(4)47-38)29-21-27(11-12-31(29)41)54-36-30(23-49)28-14-18-45-33(28)22-32(36)42/h7-9,11-12,14,18,20-23,45H,5-6,10,13,15-17,19,24H2,1-4H3. The number of halogens is 4. The first kappa shape index (κ1) is 41.0. The van der Waals surface area contributed by atoms with E-state index < -0.39 is 41.8 Å². The fourth-order valence-corrected chi connectivity index (χ4v) is 7.02. The van der Waals surface area contributed by atoms with Crippen LogP contribution in [0, 0.1) is 11.6 Å². The lowest BCUT2D eigenvalue weighted by Gasteiger charge is -2.30. The highest BCUT2D eigenvalue weighted by Gasteiger charge is 2.39. The Labute approximate surface area is 319 Å². The number of fused-ring (bicyclic) bond motifs is 1. The van der Waals surface area contributed by atoms with Crippen LogP contribution in [-0.2, 0) is 37.9 Å². The second-order valence-electron chi connectivity index (χ2n) is 13.1. The summed E-state index contributed by atoms with van der Waals surface area (Å²) in [5, 5.41) is 5.06. The molecule has 5 rings (SSSR count). The predicted octanol–water partition coefficient (Wildman–Crippen LogP) is 8.75. The third kappa shape index (κ3) is 9.93. The molecule has 0 spiro atoms. The summed E-state index contributed by atoms with van der Waals surface area (Å²) in [6.07, 6.45) is 1.36. The van der Waals surface area contributed by atoms with Crippen molar-refractivity contribution in [2.45, 2.75) is 64.2 Å². The second-order valence-corrected chi connectivity index (χ2v) is 14.2. The summed E-state index contributed by atoms with van der Waals surface area (Å²) in [5.41, 5.74) is 0.452. The Bertz CT molecular complexity index is 2160. The number of alkyl halides is 2. The number of carbonyl (C=O) groups is 3. The number of aromatic amines is 1. The topological polar surface area (TPSA) is 125 Å². The number of rotatable bonds is 19. The maximum atomic E-state index is 15.6. The third-order valence-electron chi connectivity index (χ3n) is 9.19. The van der Waals surface area contributed by atoms with E-state index in [-0.39, 0.29) is 77.8 Å². The molecule has 5 aromatic rings. The molecule has 0 saturated heterocycles. The van der Waals surface area contributed by atoms with Gasteiger partial charge in [0.1, 0.15) is 11.6 Å². The van der Waals surface area contributed by atoms with Crippen LogP contribution in [0.25, 0.3) is 22.3 Å². The number of thioether (sulfide) groups is 1. The fraction of sp³-hybridized carbons (Fsp3) is 0.375. The number of nitrogens with one attached hydrogen (secondary N) is 1. The van der Waals surface area contributed by atoms with Gasteiger partial charge in [-0.05, 0) is 74.8 Å². The number of esters is 2. The molecule has 0 aliphatic heterocycles. The fourth-order valence-electron chi connectivity index (χ4n) is 6.18. The molecule has 0 aliphatic carbocycles. The minimum atomic E-state index is -3.11. The minimum absolute atomic E-state index is 0.00960. The van der Waals surface area contributed by atoms with Crippen molar-refractivity contribution in [3.8, 4) is 22.9 Å². The van der Waals surface area contributed by atoms with E-state index in [4.69, 9.17) is 19.2 Å². The van der Waals surface area contributed by atoms with Crippen LogP contribution in [0.1, 0.15) is 73.8 Å². The van der Waals surface area contributed by atoms with Gasteiger partial charge in [0.05, 0.1) is 35.5 Å². The number of carbonyl (C=O) groups excluding carboxylic acids is 3. The summed E-state index contributed by atoms with van der Waals surface area (Å²) in [4.78, 5) is 43.3. The zero-order valence-electron chi connectivity index (χ0n) is 30.9. The molecule has 2 aromatic heterocycles. The van der Waals surface area contributed by atoms with E-state index in [1.54, 1.807) is 45.2 Å². The number of hydrogen-bond acceptors (Lipinski definition) is 9. The second kappa shape index (κ2) is 18.0. The molecule has 0 amide bonds. The van der Waals surface area contributed by atoms with Crippen molar-refractivity contribution in [2.75, 3.05) is 24.7 Å². The number of aldehydes is 1. The molecule has 15 heteroatoms. The zero-order chi connectivity index (χ0) is 39.8. The van der Waals surface area contributed by atoms with Gasteiger partial charge >= 0.3 is 11.9 Å². The van der Waals surface area contributed by atoms with Crippen LogP contribution >= 0.6 is 11.8 Å². The van der Waals surface area contributed by atoms with Crippen LogP contribution in [0.3, 0.4) is 0 Å². The number of ether oxygens (including phenoxy) is 3. The van der Waals surface area contributed by atoms with Crippen molar-refractivity contribution in [1.82, 2.24) is 19.7 Å². The predicted molar refractivity (Wildman–Crippen MR) is 201 cm³/mol. The molecule has 0 radical (unpaired) electrons. The van der Waals surface area contributed by atoms with E-state index in [0.717, 1.165) is 23.4 Å². The molecule has 1 atom stereocenters. The van der Waals surface area contributed by atoms with Gasteiger partial charge in [0.25, 0.3) is 0 Å². The third-order valence-corrected chi connectivity index (χ3v) is 10.1. The number of benzene rings is 3. The summed E-state index contributed by atoms with van der Waals surface area (Å²) < 4.78 is 78.7. The van der Waals surface area contributed by atoms with Crippen LogP contribution < -0.4 is 4.74 Å². The molecule has 3 aromatic carbocycles. The minimum Gasteiger partial charge on any atom is -0.466 e. The first-order valence-corrected chi connectivity index (χ1v) is 18.9. The lowest BCUT2D eigenvalue weighted by Crippen LogP contribution is -2.30. The van der Waals surface area contributed by atoms with E-state index in [0.29, 0.717) is 29.2 Å². The van der Waals surface area contributed by atoms with Gasteiger partial charge in [-0.2, -0.15) is 5.10 Å². The average molecular weight is 783 g/mol. The Balaban J connectivity index is 1.47. The van der Waals surface area contributed by atoms with Crippen LogP contribution in [0.4, 0.5) is 17.6 Å². The quantitative estimate of drug-likeness (QED) is 0.0379. The van der Waals surface area contributed by atoms with E-state index in [2.05, 4.69) is 10.1 Å². The number of aromatic nitrogens is 4. The van der Waals surface area contributed by atoms with E-state index >= 15 is 17.6 Å².